The van der Waals surface area contributed by atoms with Crippen molar-refractivity contribution in [1.29, 1.82) is 0 Å². The van der Waals surface area contributed by atoms with E-state index in [9.17, 15) is 13.2 Å². The molecule has 1 aliphatic carbocycles. The van der Waals surface area contributed by atoms with E-state index in [0.29, 0.717) is 31.5 Å². The summed E-state index contributed by atoms with van der Waals surface area (Å²) < 4.78 is 28.4. The van der Waals surface area contributed by atoms with Gasteiger partial charge in [0, 0.05) is 32.1 Å². The van der Waals surface area contributed by atoms with Gasteiger partial charge in [-0.15, -0.1) is 0 Å². The number of hydrogen-bond acceptors (Lipinski definition) is 4. The number of rotatable bonds is 3. The Morgan fingerprint density at radius 2 is 2.00 bits per heavy atom. The predicted octanol–water partition coefficient (Wildman–Crippen LogP) is 0.519. The number of aromatic nitrogens is 2. The molecule has 1 aromatic rings. The van der Waals surface area contributed by atoms with E-state index in [4.69, 9.17) is 0 Å². The molecular weight excluding hydrogens is 254 g/mol. The summed E-state index contributed by atoms with van der Waals surface area (Å²) in [6.45, 7) is 1.75. The van der Waals surface area contributed by atoms with Crippen molar-refractivity contribution in [2.24, 2.45) is 7.05 Å². The number of nitrogens with one attached hydrogen (secondary N) is 1. The Bertz CT molecular complexity index is 533. The summed E-state index contributed by atoms with van der Waals surface area (Å²) in [4.78, 5) is 15.1. The first-order valence-corrected chi connectivity index (χ1v) is 7.41. The van der Waals surface area contributed by atoms with Crippen LogP contribution >= 0.6 is 0 Å². The second kappa shape index (κ2) is 4.81. The number of carbonyl (C=O) groups is 1. The Morgan fingerprint density at radius 3 is 2.50 bits per heavy atom. The minimum absolute atomic E-state index is 0.0411. The molecular formula is C11H17N3O3S. The molecule has 1 aliphatic rings. The molecule has 0 radical (unpaired) electrons. The topological polar surface area (TPSA) is 81.1 Å². The molecule has 1 fully saturated rings. The molecule has 1 aromatic heterocycles. The molecule has 100 valence electrons. The van der Waals surface area contributed by atoms with Crippen LogP contribution in [0.1, 0.15) is 31.5 Å². The highest BCUT2D eigenvalue weighted by atomic mass is 32.2. The zero-order valence-corrected chi connectivity index (χ0v) is 11.3. The Kier molecular flexibility index (Phi) is 3.54. The Morgan fingerprint density at radius 1 is 1.39 bits per heavy atom. The lowest BCUT2D eigenvalue weighted by Gasteiger charge is -2.21. The molecule has 6 nitrogen and oxygen atoms in total. The van der Waals surface area contributed by atoms with Gasteiger partial charge in [-0.2, -0.15) is 0 Å². The van der Waals surface area contributed by atoms with Crippen molar-refractivity contribution in [2.75, 3.05) is 0 Å². The van der Waals surface area contributed by atoms with Crippen LogP contribution in [0, 0.1) is 6.92 Å². The van der Waals surface area contributed by atoms with Crippen molar-refractivity contribution in [3.05, 3.63) is 12.0 Å². The molecule has 0 aromatic carbocycles. The second-order valence-electron chi connectivity index (χ2n) is 4.67. The lowest BCUT2D eigenvalue weighted by Crippen LogP contribution is -2.37. The van der Waals surface area contributed by atoms with Crippen molar-refractivity contribution in [3.8, 4) is 0 Å². The van der Waals surface area contributed by atoms with Crippen LogP contribution < -0.4 is 4.72 Å². The number of carbonyl (C=O) groups excluding carboxylic acids is 1. The van der Waals surface area contributed by atoms with Gasteiger partial charge in [0.05, 0.1) is 0 Å². The van der Waals surface area contributed by atoms with Gasteiger partial charge >= 0.3 is 0 Å². The van der Waals surface area contributed by atoms with E-state index in [1.54, 1.807) is 18.5 Å². The van der Waals surface area contributed by atoms with Crippen molar-refractivity contribution in [1.82, 2.24) is 14.3 Å². The first kappa shape index (κ1) is 13.2. The van der Waals surface area contributed by atoms with Crippen LogP contribution in [-0.4, -0.2) is 29.8 Å². The number of hydrogen-bond donors (Lipinski definition) is 1. The molecule has 1 N–H and O–H groups in total. The molecule has 1 saturated carbocycles. The first-order chi connectivity index (χ1) is 8.38. The molecule has 0 aliphatic heterocycles. The van der Waals surface area contributed by atoms with E-state index in [1.807, 2.05) is 0 Å². The first-order valence-electron chi connectivity index (χ1n) is 5.92. The van der Waals surface area contributed by atoms with Crippen molar-refractivity contribution < 1.29 is 13.2 Å². The fourth-order valence-electron chi connectivity index (χ4n) is 1.99. The van der Waals surface area contributed by atoms with Gasteiger partial charge in [0.25, 0.3) is 10.0 Å². The lowest BCUT2D eigenvalue weighted by molar-refractivity contribution is -0.120. The molecule has 7 heteroatoms. The number of sulfonamides is 1. The molecule has 1 heterocycles. The minimum Gasteiger partial charge on any atom is -0.337 e. The number of aryl methyl sites for hydroxylation is 2. The van der Waals surface area contributed by atoms with Crippen LogP contribution in [0.5, 0.6) is 0 Å². The maximum Gasteiger partial charge on any atom is 0.259 e. The van der Waals surface area contributed by atoms with E-state index in [-0.39, 0.29) is 16.9 Å². The van der Waals surface area contributed by atoms with Gasteiger partial charge in [-0.05, 0) is 19.8 Å². The molecule has 0 amide bonds. The maximum atomic E-state index is 12.1. The van der Waals surface area contributed by atoms with Gasteiger partial charge in [-0.25, -0.2) is 18.1 Å². The Labute approximate surface area is 106 Å². The van der Waals surface area contributed by atoms with E-state index in [1.165, 1.54) is 6.20 Å². The largest absolute Gasteiger partial charge is 0.337 e. The van der Waals surface area contributed by atoms with Gasteiger partial charge in [-0.1, -0.05) is 0 Å². The molecule has 0 bridgehead atoms. The van der Waals surface area contributed by atoms with E-state index in [2.05, 4.69) is 9.71 Å². The summed E-state index contributed by atoms with van der Waals surface area (Å²) in [5.41, 5.74) is 0. The summed E-state index contributed by atoms with van der Waals surface area (Å²) in [5.74, 6) is 0.855. The van der Waals surface area contributed by atoms with Crippen LogP contribution in [-0.2, 0) is 21.9 Å². The average molecular weight is 271 g/mol. The van der Waals surface area contributed by atoms with Crippen molar-refractivity contribution in [3.63, 3.8) is 0 Å². The molecule has 2 rings (SSSR count). The predicted molar refractivity (Wildman–Crippen MR) is 65.5 cm³/mol. The van der Waals surface area contributed by atoms with Gasteiger partial charge < -0.3 is 4.57 Å². The maximum absolute atomic E-state index is 12.1. The van der Waals surface area contributed by atoms with Crippen LogP contribution in [0.25, 0.3) is 0 Å². The third kappa shape index (κ3) is 2.78. The Balaban J connectivity index is 2.10. The van der Waals surface area contributed by atoms with Gasteiger partial charge in [0.2, 0.25) is 0 Å². The number of nitrogens with zero attached hydrogens (tertiary/aromatic N) is 2. The SMILES string of the molecule is Cc1nc(S(=O)(=O)NC2CCC(=O)CC2)cn1C. The van der Waals surface area contributed by atoms with Crippen LogP contribution in [0.3, 0.4) is 0 Å². The van der Waals surface area contributed by atoms with E-state index < -0.39 is 10.0 Å². The molecule has 0 spiro atoms. The molecule has 18 heavy (non-hydrogen) atoms. The monoisotopic (exact) mass is 271 g/mol. The van der Waals surface area contributed by atoms with Crippen LogP contribution in [0.4, 0.5) is 0 Å². The minimum atomic E-state index is -3.57. The third-order valence-electron chi connectivity index (χ3n) is 3.23. The summed E-state index contributed by atoms with van der Waals surface area (Å²) in [7, 11) is -1.82. The zero-order chi connectivity index (χ0) is 13.3. The van der Waals surface area contributed by atoms with Crippen molar-refractivity contribution in [2.45, 2.75) is 43.7 Å². The Hall–Kier alpha value is -1.21. The standard InChI is InChI=1S/C11H17N3O3S/c1-8-12-11(7-14(8)2)18(16,17)13-9-3-5-10(15)6-4-9/h7,9,13H,3-6H2,1-2H3. The van der Waals surface area contributed by atoms with Crippen LogP contribution in [0.2, 0.25) is 0 Å². The lowest BCUT2D eigenvalue weighted by atomic mass is 9.95. The van der Waals surface area contributed by atoms with Gasteiger partial charge in [0.1, 0.15) is 11.6 Å². The van der Waals surface area contributed by atoms with Gasteiger partial charge in [0.15, 0.2) is 5.03 Å². The summed E-state index contributed by atoms with van der Waals surface area (Å²) in [6.07, 6.45) is 3.54. The zero-order valence-electron chi connectivity index (χ0n) is 10.5. The highest BCUT2D eigenvalue weighted by molar-refractivity contribution is 7.89. The summed E-state index contributed by atoms with van der Waals surface area (Å²) in [5, 5.41) is 0.0411. The smallest absolute Gasteiger partial charge is 0.259 e. The van der Waals surface area contributed by atoms with E-state index >= 15 is 0 Å². The second-order valence-corrected chi connectivity index (χ2v) is 6.33. The van der Waals surface area contributed by atoms with Crippen LogP contribution in [0.15, 0.2) is 11.2 Å². The quantitative estimate of drug-likeness (QED) is 0.869. The number of ketones is 1. The average Bonchev–Trinajstić information content (AvgIpc) is 2.63. The molecule has 0 saturated heterocycles. The normalized spacial score (nSPS) is 18.2. The molecule has 0 unspecified atom stereocenters. The molecule has 0 atom stereocenters. The summed E-state index contributed by atoms with van der Waals surface area (Å²) >= 11 is 0. The number of Topliss-reactive ketones (excluding diaryl/α,β-unsaturated/α-hetero) is 1. The third-order valence-corrected chi connectivity index (χ3v) is 4.62. The highest BCUT2D eigenvalue weighted by Crippen LogP contribution is 2.17. The fraction of sp³-hybridized carbons (Fsp3) is 0.636. The fourth-order valence-corrected chi connectivity index (χ4v) is 3.34. The van der Waals surface area contributed by atoms with Gasteiger partial charge in [-0.3, -0.25) is 4.79 Å². The highest BCUT2D eigenvalue weighted by Gasteiger charge is 2.26. The summed E-state index contributed by atoms with van der Waals surface area (Å²) in [6, 6.07) is -0.157. The van der Waals surface area contributed by atoms with E-state index in [0.717, 1.165) is 0 Å². The van der Waals surface area contributed by atoms with Crippen molar-refractivity contribution >= 4 is 15.8 Å². The number of imidazole rings is 1.